The second kappa shape index (κ2) is 6.01. The van der Waals surface area contributed by atoms with Gasteiger partial charge in [-0.2, -0.15) is 5.10 Å². The number of ether oxygens (including phenoxy) is 1. The molecule has 1 unspecified atom stereocenters. The van der Waals surface area contributed by atoms with Crippen LogP contribution in [0, 0.1) is 0 Å². The summed E-state index contributed by atoms with van der Waals surface area (Å²) >= 11 is 0. The van der Waals surface area contributed by atoms with Gasteiger partial charge in [-0.3, -0.25) is 4.68 Å². The Kier molecular flexibility index (Phi) is 4.96. The minimum Gasteiger partial charge on any atom is -0.377 e. The molecule has 1 aromatic rings. The number of rotatable bonds is 6. The molecule has 0 spiro atoms. The fourth-order valence-corrected chi connectivity index (χ4v) is 1.58. The Hall–Kier alpha value is -0.870. The van der Waals surface area contributed by atoms with Crippen LogP contribution in [-0.4, -0.2) is 28.5 Å². The summed E-state index contributed by atoms with van der Waals surface area (Å²) in [5, 5.41) is 4.40. The summed E-state index contributed by atoms with van der Waals surface area (Å²) in [5.74, 6) is 0. The number of hydrogen-bond donors (Lipinski definition) is 1. The first-order chi connectivity index (χ1) is 7.52. The number of nitrogens with zero attached hydrogens (tertiary/aromatic N) is 2. The van der Waals surface area contributed by atoms with Gasteiger partial charge in [0.05, 0.1) is 18.4 Å². The molecular weight excluding hydrogens is 202 g/mol. The predicted molar refractivity (Wildman–Crippen MR) is 65.4 cm³/mol. The summed E-state index contributed by atoms with van der Waals surface area (Å²) in [6.45, 7) is 6.75. The van der Waals surface area contributed by atoms with E-state index in [0.29, 0.717) is 6.61 Å². The third-order valence-electron chi connectivity index (χ3n) is 2.50. The maximum absolute atomic E-state index is 6.01. The average molecular weight is 225 g/mol. The van der Waals surface area contributed by atoms with E-state index in [1.165, 1.54) is 5.69 Å². The van der Waals surface area contributed by atoms with Gasteiger partial charge in [-0.1, -0.05) is 6.92 Å². The van der Waals surface area contributed by atoms with Crippen LogP contribution in [0.15, 0.2) is 6.07 Å². The third-order valence-corrected chi connectivity index (χ3v) is 2.50. The van der Waals surface area contributed by atoms with Crippen LogP contribution in [0.5, 0.6) is 0 Å². The molecule has 4 heteroatoms. The molecule has 0 saturated carbocycles. The summed E-state index contributed by atoms with van der Waals surface area (Å²) in [4.78, 5) is 0. The summed E-state index contributed by atoms with van der Waals surface area (Å²) in [6.07, 6.45) is 2.02. The van der Waals surface area contributed by atoms with Crippen molar-refractivity contribution in [2.24, 2.45) is 12.8 Å². The highest BCUT2D eigenvalue weighted by molar-refractivity contribution is 5.11. The highest BCUT2D eigenvalue weighted by Gasteiger charge is 2.10. The minimum atomic E-state index is 0.0440. The number of aromatic nitrogens is 2. The molecule has 1 rings (SSSR count). The fourth-order valence-electron chi connectivity index (χ4n) is 1.58. The molecule has 0 bridgehead atoms. The van der Waals surface area contributed by atoms with Crippen LogP contribution in [-0.2, 0) is 24.6 Å². The molecule has 1 atom stereocenters. The standard InChI is InChI=1S/C12H23N3O/c1-5-11-7-12(15(4)14-11)6-10(13)8-16-9(2)3/h7,9-10H,5-6,8,13H2,1-4H3. The van der Waals surface area contributed by atoms with Gasteiger partial charge in [0.25, 0.3) is 0 Å². The molecular formula is C12H23N3O. The lowest BCUT2D eigenvalue weighted by Gasteiger charge is -2.14. The van der Waals surface area contributed by atoms with E-state index in [0.717, 1.165) is 18.5 Å². The van der Waals surface area contributed by atoms with Gasteiger partial charge < -0.3 is 10.5 Å². The molecule has 1 aromatic heterocycles. The van der Waals surface area contributed by atoms with E-state index in [1.54, 1.807) is 0 Å². The Morgan fingerprint density at radius 2 is 2.19 bits per heavy atom. The second-order valence-electron chi connectivity index (χ2n) is 4.45. The second-order valence-corrected chi connectivity index (χ2v) is 4.45. The van der Waals surface area contributed by atoms with Crippen molar-refractivity contribution < 1.29 is 4.74 Å². The molecule has 0 saturated heterocycles. The average Bonchev–Trinajstić information content (AvgIpc) is 2.57. The molecule has 0 aliphatic carbocycles. The van der Waals surface area contributed by atoms with Gasteiger partial charge in [0.2, 0.25) is 0 Å². The van der Waals surface area contributed by atoms with E-state index in [4.69, 9.17) is 10.5 Å². The van der Waals surface area contributed by atoms with Crippen LogP contribution in [0.25, 0.3) is 0 Å². The number of hydrogen-bond acceptors (Lipinski definition) is 3. The van der Waals surface area contributed by atoms with Crippen molar-refractivity contribution in [1.29, 1.82) is 0 Å². The van der Waals surface area contributed by atoms with Crippen molar-refractivity contribution in [3.63, 3.8) is 0 Å². The van der Waals surface area contributed by atoms with Crippen LogP contribution in [0.1, 0.15) is 32.2 Å². The molecule has 4 nitrogen and oxygen atoms in total. The SMILES string of the molecule is CCc1cc(CC(N)COC(C)C)n(C)n1. The lowest BCUT2D eigenvalue weighted by Crippen LogP contribution is -2.30. The molecule has 0 aliphatic heterocycles. The first-order valence-electron chi connectivity index (χ1n) is 5.91. The number of aryl methyl sites for hydroxylation is 2. The Balaban J connectivity index is 2.48. The van der Waals surface area contributed by atoms with E-state index < -0.39 is 0 Å². The summed E-state index contributed by atoms with van der Waals surface area (Å²) < 4.78 is 7.40. The molecule has 92 valence electrons. The molecule has 0 aliphatic rings. The predicted octanol–water partition coefficient (Wildman–Crippen LogP) is 1.28. The first kappa shape index (κ1) is 13.2. The van der Waals surface area contributed by atoms with Crippen molar-refractivity contribution in [3.05, 3.63) is 17.5 Å². The topological polar surface area (TPSA) is 53.1 Å². The van der Waals surface area contributed by atoms with Crippen molar-refractivity contribution in [1.82, 2.24) is 9.78 Å². The highest BCUT2D eigenvalue weighted by Crippen LogP contribution is 2.06. The Morgan fingerprint density at radius 3 is 2.69 bits per heavy atom. The van der Waals surface area contributed by atoms with Gasteiger partial charge in [-0.25, -0.2) is 0 Å². The van der Waals surface area contributed by atoms with Gasteiger partial charge in [-0.05, 0) is 26.3 Å². The number of nitrogens with two attached hydrogens (primary N) is 1. The van der Waals surface area contributed by atoms with Crippen LogP contribution >= 0.6 is 0 Å². The van der Waals surface area contributed by atoms with Crippen molar-refractivity contribution in [2.75, 3.05) is 6.61 Å². The van der Waals surface area contributed by atoms with Crippen molar-refractivity contribution in [3.8, 4) is 0 Å². The van der Waals surface area contributed by atoms with Crippen LogP contribution in [0.3, 0.4) is 0 Å². The van der Waals surface area contributed by atoms with Gasteiger partial charge in [0.1, 0.15) is 0 Å². The molecule has 0 fully saturated rings. The summed E-state index contributed by atoms with van der Waals surface area (Å²) in [5.41, 5.74) is 8.30. The maximum Gasteiger partial charge on any atom is 0.0624 e. The molecule has 0 radical (unpaired) electrons. The van der Waals surface area contributed by atoms with Crippen molar-refractivity contribution >= 4 is 0 Å². The lowest BCUT2D eigenvalue weighted by atomic mass is 10.1. The zero-order valence-corrected chi connectivity index (χ0v) is 10.7. The minimum absolute atomic E-state index is 0.0440. The summed E-state index contributed by atoms with van der Waals surface area (Å²) in [6, 6.07) is 2.16. The summed E-state index contributed by atoms with van der Waals surface area (Å²) in [7, 11) is 1.96. The molecule has 0 amide bonds. The van der Waals surface area contributed by atoms with E-state index in [9.17, 15) is 0 Å². The first-order valence-corrected chi connectivity index (χ1v) is 5.91. The zero-order chi connectivity index (χ0) is 12.1. The molecule has 2 N–H and O–H groups in total. The normalized spacial score (nSPS) is 13.4. The van der Waals surface area contributed by atoms with E-state index in [-0.39, 0.29) is 12.1 Å². The van der Waals surface area contributed by atoms with Gasteiger partial charge in [0.15, 0.2) is 0 Å². The van der Waals surface area contributed by atoms with E-state index in [2.05, 4.69) is 18.1 Å². The largest absolute Gasteiger partial charge is 0.377 e. The smallest absolute Gasteiger partial charge is 0.0624 e. The highest BCUT2D eigenvalue weighted by atomic mass is 16.5. The lowest BCUT2D eigenvalue weighted by molar-refractivity contribution is 0.0681. The van der Waals surface area contributed by atoms with E-state index >= 15 is 0 Å². The van der Waals surface area contributed by atoms with Crippen molar-refractivity contribution in [2.45, 2.75) is 45.8 Å². The van der Waals surface area contributed by atoms with Gasteiger partial charge in [-0.15, -0.1) is 0 Å². The maximum atomic E-state index is 6.01. The Labute approximate surface area is 97.8 Å². The van der Waals surface area contributed by atoms with Crippen LogP contribution in [0.2, 0.25) is 0 Å². The Bertz CT molecular complexity index is 320. The van der Waals surface area contributed by atoms with Crippen LogP contribution < -0.4 is 5.73 Å². The molecule has 0 aromatic carbocycles. The zero-order valence-electron chi connectivity index (χ0n) is 10.7. The fraction of sp³-hybridized carbons (Fsp3) is 0.750. The van der Waals surface area contributed by atoms with Crippen LogP contribution in [0.4, 0.5) is 0 Å². The molecule has 16 heavy (non-hydrogen) atoms. The van der Waals surface area contributed by atoms with Gasteiger partial charge >= 0.3 is 0 Å². The van der Waals surface area contributed by atoms with Gasteiger partial charge in [0, 0.05) is 25.2 Å². The third kappa shape index (κ3) is 3.94. The Morgan fingerprint density at radius 1 is 1.50 bits per heavy atom. The monoisotopic (exact) mass is 225 g/mol. The quantitative estimate of drug-likeness (QED) is 0.793. The van der Waals surface area contributed by atoms with E-state index in [1.807, 2.05) is 25.6 Å². The molecule has 1 heterocycles.